The van der Waals surface area contributed by atoms with E-state index in [1.54, 1.807) is 4.90 Å². The SMILES string of the molecule is CCCC(N)C(=O)N(C)C(C)C(C)C. The Balaban J connectivity index is 4.23. The van der Waals surface area contributed by atoms with Gasteiger partial charge in [-0.3, -0.25) is 4.79 Å². The number of likely N-dealkylation sites (N-methyl/N-ethyl adjacent to an activating group) is 1. The van der Waals surface area contributed by atoms with E-state index in [9.17, 15) is 4.79 Å². The second-order valence-corrected chi connectivity index (χ2v) is 4.33. The van der Waals surface area contributed by atoms with Crippen molar-refractivity contribution in [1.29, 1.82) is 0 Å². The molecule has 0 rings (SSSR count). The van der Waals surface area contributed by atoms with Crippen LogP contribution in [0.1, 0.15) is 40.5 Å². The Labute approximate surface area is 87.6 Å². The zero-order chi connectivity index (χ0) is 11.3. The maximum atomic E-state index is 11.8. The summed E-state index contributed by atoms with van der Waals surface area (Å²) in [6, 6.07) is -0.0726. The molecular weight excluding hydrogens is 176 g/mol. The summed E-state index contributed by atoms with van der Waals surface area (Å²) in [6.07, 6.45) is 1.73. The van der Waals surface area contributed by atoms with E-state index >= 15 is 0 Å². The molecule has 14 heavy (non-hydrogen) atoms. The van der Waals surface area contributed by atoms with Gasteiger partial charge in [-0.2, -0.15) is 0 Å². The van der Waals surface area contributed by atoms with Crippen LogP contribution in [0.15, 0.2) is 0 Å². The van der Waals surface area contributed by atoms with Crippen LogP contribution >= 0.6 is 0 Å². The van der Waals surface area contributed by atoms with Crippen molar-refractivity contribution >= 4 is 5.91 Å². The van der Waals surface area contributed by atoms with Crippen LogP contribution in [0.5, 0.6) is 0 Å². The number of carbonyl (C=O) groups is 1. The molecule has 0 aliphatic heterocycles. The summed E-state index contributed by atoms with van der Waals surface area (Å²) < 4.78 is 0. The first kappa shape index (κ1) is 13.4. The number of hydrogen-bond acceptors (Lipinski definition) is 2. The van der Waals surface area contributed by atoms with Gasteiger partial charge in [0.1, 0.15) is 0 Å². The van der Waals surface area contributed by atoms with E-state index in [4.69, 9.17) is 5.73 Å². The Morgan fingerprint density at radius 1 is 1.36 bits per heavy atom. The Kier molecular flexibility index (Phi) is 5.77. The van der Waals surface area contributed by atoms with E-state index < -0.39 is 0 Å². The smallest absolute Gasteiger partial charge is 0.239 e. The molecule has 0 aromatic carbocycles. The highest BCUT2D eigenvalue weighted by Gasteiger charge is 2.22. The fourth-order valence-electron chi connectivity index (χ4n) is 1.34. The van der Waals surface area contributed by atoms with E-state index in [0.29, 0.717) is 5.92 Å². The molecule has 0 bridgehead atoms. The lowest BCUT2D eigenvalue weighted by Crippen LogP contribution is -2.47. The van der Waals surface area contributed by atoms with Crippen LogP contribution in [-0.2, 0) is 4.79 Å². The number of nitrogens with two attached hydrogens (primary N) is 1. The summed E-state index contributed by atoms with van der Waals surface area (Å²) in [6.45, 7) is 8.32. The van der Waals surface area contributed by atoms with Crippen molar-refractivity contribution in [2.45, 2.75) is 52.6 Å². The van der Waals surface area contributed by atoms with Crippen molar-refractivity contribution in [3.8, 4) is 0 Å². The summed E-state index contributed by atoms with van der Waals surface area (Å²) in [4.78, 5) is 13.5. The van der Waals surface area contributed by atoms with Crippen molar-refractivity contribution < 1.29 is 4.79 Å². The molecule has 0 aliphatic rings. The molecule has 1 amide bonds. The molecule has 0 aromatic rings. The van der Waals surface area contributed by atoms with Gasteiger partial charge in [0.2, 0.25) is 5.91 Å². The topological polar surface area (TPSA) is 46.3 Å². The number of carbonyl (C=O) groups excluding carboxylic acids is 1. The Bertz CT molecular complexity index is 180. The lowest BCUT2D eigenvalue weighted by atomic mass is 10.0. The molecule has 0 aliphatic carbocycles. The van der Waals surface area contributed by atoms with E-state index in [0.717, 1.165) is 12.8 Å². The van der Waals surface area contributed by atoms with E-state index in [2.05, 4.69) is 20.8 Å². The zero-order valence-corrected chi connectivity index (χ0v) is 10.1. The van der Waals surface area contributed by atoms with Gasteiger partial charge in [0.25, 0.3) is 0 Å². The summed E-state index contributed by atoms with van der Waals surface area (Å²) in [5.41, 5.74) is 5.78. The molecule has 2 atom stereocenters. The minimum absolute atomic E-state index is 0.0630. The molecule has 0 saturated heterocycles. The van der Waals surface area contributed by atoms with Crippen molar-refractivity contribution in [3.05, 3.63) is 0 Å². The van der Waals surface area contributed by atoms with Gasteiger partial charge in [-0.15, -0.1) is 0 Å². The maximum Gasteiger partial charge on any atom is 0.239 e. The third-order valence-corrected chi connectivity index (χ3v) is 2.84. The molecular formula is C11H24N2O. The quantitative estimate of drug-likeness (QED) is 0.733. The van der Waals surface area contributed by atoms with Crippen LogP contribution in [0.25, 0.3) is 0 Å². The first-order valence-corrected chi connectivity index (χ1v) is 5.44. The van der Waals surface area contributed by atoms with Gasteiger partial charge in [0.05, 0.1) is 6.04 Å². The zero-order valence-electron chi connectivity index (χ0n) is 10.1. The molecule has 0 radical (unpaired) electrons. The molecule has 2 unspecified atom stereocenters. The molecule has 2 N–H and O–H groups in total. The lowest BCUT2D eigenvalue weighted by molar-refractivity contribution is -0.134. The van der Waals surface area contributed by atoms with Crippen molar-refractivity contribution in [2.24, 2.45) is 11.7 Å². The first-order valence-electron chi connectivity index (χ1n) is 5.44. The van der Waals surface area contributed by atoms with Gasteiger partial charge in [-0.1, -0.05) is 27.2 Å². The molecule has 84 valence electrons. The van der Waals surface area contributed by atoms with Crippen LogP contribution in [-0.4, -0.2) is 29.9 Å². The number of nitrogens with zero attached hydrogens (tertiary/aromatic N) is 1. The highest BCUT2D eigenvalue weighted by atomic mass is 16.2. The fourth-order valence-corrected chi connectivity index (χ4v) is 1.34. The van der Waals surface area contributed by atoms with Crippen molar-refractivity contribution in [1.82, 2.24) is 4.90 Å². The monoisotopic (exact) mass is 200 g/mol. The summed E-state index contributed by atoms with van der Waals surface area (Å²) in [5, 5.41) is 0. The maximum absolute atomic E-state index is 11.8. The van der Waals surface area contributed by atoms with Crippen LogP contribution in [0.2, 0.25) is 0 Å². The Morgan fingerprint density at radius 3 is 2.21 bits per heavy atom. The highest BCUT2D eigenvalue weighted by molar-refractivity contribution is 5.81. The van der Waals surface area contributed by atoms with Gasteiger partial charge in [0.15, 0.2) is 0 Å². The number of hydrogen-bond donors (Lipinski definition) is 1. The minimum atomic E-state index is -0.328. The number of rotatable bonds is 5. The summed E-state index contributed by atoms with van der Waals surface area (Å²) in [5.74, 6) is 0.533. The molecule has 0 spiro atoms. The van der Waals surface area contributed by atoms with Crippen LogP contribution < -0.4 is 5.73 Å². The average Bonchev–Trinajstić information content (AvgIpc) is 2.14. The molecule has 0 heterocycles. The van der Waals surface area contributed by atoms with Gasteiger partial charge in [-0.05, 0) is 19.3 Å². The second-order valence-electron chi connectivity index (χ2n) is 4.33. The summed E-state index contributed by atoms with van der Waals surface area (Å²) >= 11 is 0. The molecule has 0 saturated carbocycles. The molecule has 0 aromatic heterocycles. The normalized spacial score (nSPS) is 15.4. The molecule has 3 heteroatoms. The van der Waals surface area contributed by atoms with Gasteiger partial charge < -0.3 is 10.6 Å². The standard InChI is InChI=1S/C11H24N2O/c1-6-7-10(12)11(14)13(5)9(4)8(2)3/h8-10H,6-7,12H2,1-5H3. The average molecular weight is 200 g/mol. The van der Waals surface area contributed by atoms with Gasteiger partial charge >= 0.3 is 0 Å². The Morgan fingerprint density at radius 2 is 1.86 bits per heavy atom. The van der Waals surface area contributed by atoms with Crippen LogP contribution in [0.3, 0.4) is 0 Å². The third-order valence-electron chi connectivity index (χ3n) is 2.84. The first-order chi connectivity index (χ1) is 6.41. The summed E-state index contributed by atoms with van der Waals surface area (Å²) in [7, 11) is 1.84. The number of amides is 1. The largest absolute Gasteiger partial charge is 0.341 e. The highest BCUT2D eigenvalue weighted by Crippen LogP contribution is 2.10. The van der Waals surface area contributed by atoms with Crippen molar-refractivity contribution in [3.63, 3.8) is 0 Å². The second kappa shape index (κ2) is 6.02. The van der Waals surface area contributed by atoms with E-state index in [1.807, 2.05) is 14.0 Å². The molecule has 3 nitrogen and oxygen atoms in total. The van der Waals surface area contributed by atoms with E-state index in [-0.39, 0.29) is 18.0 Å². The predicted molar refractivity (Wildman–Crippen MR) is 60.0 cm³/mol. The fraction of sp³-hybridized carbons (Fsp3) is 0.909. The Hall–Kier alpha value is -0.570. The van der Waals surface area contributed by atoms with Crippen molar-refractivity contribution in [2.75, 3.05) is 7.05 Å². The minimum Gasteiger partial charge on any atom is -0.341 e. The third kappa shape index (κ3) is 3.66. The van der Waals surface area contributed by atoms with Gasteiger partial charge in [-0.25, -0.2) is 0 Å². The van der Waals surface area contributed by atoms with Crippen LogP contribution in [0, 0.1) is 5.92 Å². The van der Waals surface area contributed by atoms with Gasteiger partial charge in [0, 0.05) is 13.1 Å². The predicted octanol–water partition coefficient (Wildman–Crippen LogP) is 1.62. The lowest BCUT2D eigenvalue weighted by Gasteiger charge is -2.30. The molecule has 0 fully saturated rings. The van der Waals surface area contributed by atoms with Crippen LogP contribution in [0.4, 0.5) is 0 Å². The van der Waals surface area contributed by atoms with E-state index in [1.165, 1.54) is 0 Å².